The Morgan fingerprint density at radius 1 is 1.10 bits per heavy atom. The van der Waals surface area contributed by atoms with Crippen molar-refractivity contribution in [1.29, 1.82) is 5.26 Å². The molecule has 1 heterocycles. The second-order valence-electron chi connectivity index (χ2n) is 7.34. The molecule has 3 aromatic rings. The molecule has 3 rings (SSSR count). The fourth-order valence-electron chi connectivity index (χ4n) is 2.46. The second kappa shape index (κ2) is 8.60. The monoisotopic (exact) mass is 422 g/mol. The molecule has 2 aromatic carbocycles. The van der Waals surface area contributed by atoms with Gasteiger partial charge in [-0.05, 0) is 32.9 Å². The van der Waals surface area contributed by atoms with Crippen LogP contribution < -0.4 is 0 Å². The van der Waals surface area contributed by atoms with Gasteiger partial charge in [-0.15, -0.1) is 11.3 Å². The molecule has 0 N–H and O–H groups in total. The molecule has 6 heteroatoms. The lowest BCUT2D eigenvalue weighted by Gasteiger charge is -2.19. The molecule has 29 heavy (non-hydrogen) atoms. The van der Waals surface area contributed by atoms with Crippen molar-refractivity contribution in [1.82, 2.24) is 4.98 Å². The van der Waals surface area contributed by atoms with Gasteiger partial charge in [-0.3, -0.25) is 4.79 Å². The van der Waals surface area contributed by atoms with E-state index in [1.54, 1.807) is 45.0 Å². The summed E-state index contributed by atoms with van der Waals surface area (Å²) in [6.45, 7) is 5.26. The van der Waals surface area contributed by atoms with Crippen LogP contribution in [0.15, 0.2) is 60.0 Å². The number of nitrogens with zero attached hydrogens (tertiary/aromatic N) is 2. The van der Waals surface area contributed by atoms with E-state index in [1.165, 1.54) is 11.3 Å². The van der Waals surface area contributed by atoms with Gasteiger partial charge in [0.2, 0.25) is 0 Å². The van der Waals surface area contributed by atoms with E-state index in [1.807, 2.05) is 35.7 Å². The van der Waals surface area contributed by atoms with E-state index in [-0.39, 0.29) is 11.3 Å². The van der Waals surface area contributed by atoms with Gasteiger partial charge < -0.3 is 4.74 Å². The molecule has 0 unspecified atom stereocenters. The van der Waals surface area contributed by atoms with Crippen molar-refractivity contribution in [2.45, 2.75) is 20.8 Å². The van der Waals surface area contributed by atoms with Crippen LogP contribution in [0.2, 0.25) is 5.02 Å². The Morgan fingerprint density at radius 3 is 2.38 bits per heavy atom. The fourth-order valence-corrected chi connectivity index (χ4v) is 3.50. The lowest BCUT2D eigenvalue weighted by molar-refractivity contribution is -0.145. The van der Waals surface area contributed by atoms with Crippen molar-refractivity contribution < 1.29 is 9.53 Å². The highest BCUT2D eigenvalue weighted by molar-refractivity contribution is 7.11. The number of hydrogen-bond donors (Lipinski definition) is 0. The first-order valence-electron chi connectivity index (χ1n) is 8.94. The van der Waals surface area contributed by atoms with Crippen molar-refractivity contribution in [3.63, 3.8) is 0 Å². The molecule has 0 fully saturated rings. The average molecular weight is 423 g/mol. The van der Waals surface area contributed by atoms with Crippen LogP contribution in [0.5, 0.6) is 0 Å². The number of benzene rings is 2. The summed E-state index contributed by atoms with van der Waals surface area (Å²) in [4.78, 5) is 17.2. The molecule has 0 spiro atoms. The lowest BCUT2D eigenvalue weighted by Crippen LogP contribution is -2.22. The predicted molar refractivity (Wildman–Crippen MR) is 117 cm³/mol. The molecule has 0 saturated heterocycles. The van der Waals surface area contributed by atoms with Crippen molar-refractivity contribution >= 4 is 40.2 Å². The number of rotatable bonds is 4. The number of esters is 1. The average Bonchev–Trinajstić information content (AvgIpc) is 3.18. The molecule has 0 radical (unpaired) electrons. The minimum absolute atomic E-state index is 0.118. The van der Waals surface area contributed by atoms with E-state index < -0.39 is 11.4 Å². The molecule has 0 amide bonds. The third-order valence-corrected chi connectivity index (χ3v) is 5.24. The second-order valence-corrected chi connectivity index (χ2v) is 8.60. The van der Waals surface area contributed by atoms with Crippen LogP contribution in [-0.4, -0.2) is 11.0 Å². The van der Waals surface area contributed by atoms with Gasteiger partial charge in [-0.25, -0.2) is 4.98 Å². The molecule has 4 nitrogen and oxygen atoms in total. The lowest BCUT2D eigenvalue weighted by atomic mass is 9.97. The molecule has 0 aliphatic rings. The van der Waals surface area contributed by atoms with Gasteiger partial charge in [0.15, 0.2) is 5.76 Å². The number of carbonyl (C=O) groups is 1. The Bertz CT molecular complexity index is 1110. The number of ether oxygens (including phenoxy) is 1. The number of thiazole rings is 1. The van der Waals surface area contributed by atoms with E-state index in [9.17, 15) is 10.1 Å². The van der Waals surface area contributed by atoms with Crippen LogP contribution in [0, 0.1) is 16.7 Å². The molecule has 0 saturated carbocycles. The maximum Gasteiger partial charge on any atom is 0.316 e. The summed E-state index contributed by atoms with van der Waals surface area (Å²) >= 11 is 7.67. The zero-order valence-electron chi connectivity index (χ0n) is 16.3. The van der Waals surface area contributed by atoms with Crippen LogP contribution in [0.25, 0.3) is 22.6 Å². The van der Waals surface area contributed by atoms with Gasteiger partial charge in [0.05, 0.1) is 16.1 Å². The third kappa shape index (κ3) is 4.73. The zero-order valence-corrected chi connectivity index (χ0v) is 17.8. The van der Waals surface area contributed by atoms with Gasteiger partial charge >= 0.3 is 5.97 Å². The van der Waals surface area contributed by atoms with E-state index in [4.69, 9.17) is 16.3 Å². The SMILES string of the molecule is CC(C)(C)C(=O)OC(=C(C#N)c1nc(-c2ccccc2)cs1)c1ccccc1Cl. The zero-order chi connectivity index (χ0) is 21.0. The Kier molecular flexibility index (Phi) is 6.17. The topological polar surface area (TPSA) is 63.0 Å². The Morgan fingerprint density at radius 2 is 1.76 bits per heavy atom. The third-order valence-electron chi connectivity index (χ3n) is 4.05. The molecule has 0 bridgehead atoms. The van der Waals surface area contributed by atoms with Crippen LogP contribution in [-0.2, 0) is 9.53 Å². The summed E-state index contributed by atoms with van der Waals surface area (Å²) in [5.41, 5.74) is 1.59. The Labute approximate surface area is 179 Å². The summed E-state index contributed by atoms with van der Waals surface area (Å²) in [7, 11) is 0. The molecular formula is C23H19ClN2O2S. The Balaban J connectivity index is 2.15. The first-order valence-corrected chi connectivity index (χ1v) is 10.2. The van der Waals surface area contributed by atoms with Gasteiger partial charge in [0, 0.05) is 16.5 Å². The highest BCUT2D eigenvalue weighted by atomic mass is 35.5. The molecule has 0 aliphatic heterocycles. The quantitative estimate of drug-likeness (QED) is 0.275. The minimum atomic E-state index is -0.745. The maximum absolute atomic E-state index is 12.6. The number of carbonyl (C=O) groups excluding carboxylic acids is 1. The van der Waals surface area contributed by atoms with Gasteiger partial charge in [-0.2, -0.15) is 5.26 Å². The van der Waals surface area contributed by atoms with Crippen LogP contribution >= 0.6 is 22.9 Å². The summed E-state index contributed by atoms with van der Waals surface area (Å²) < 4.78 is 5.70. The van der Waals surface area contributed by atoms with Gasteiger partial charge in [0.25, 0.3) is 0 Å². The fraction of sp³-hybridized carbons (Fsp3) is 0.174. The van der Waals surface area contributed by atoms with Crippen molar-refractivity contribution in [2.24, 2.45) is 5.41 Å². The number of hydrogen-bond acceptors (Lipinski definition) is 5. The smallest absolute Gasteiger partial charge is 0.316 e. The molecule has 0 aliphatic carbocycles. The predicted octanol–water partition coefficient (Wildman–Crippen LogP) is 6.44. The first kappa shape index (κ1) is 20.8. The highest BCUT2D eigenvalue weighted by Gasteiger charge is 2.28. The normalized spacial score (nSPS) is 12.1. The van der Waals surface area contributed by atoms with E-state index in [0.29, 0.717) is 15.6 Å². The molecule has 0 atom stereocenters. The van der Waals surface area contributed by atoms with E-state index >= 15 is 0 Å². The summed E-state index contributed by atoms with van der Waals surface area (Å²) in [5.74, 6) is -0.341. The Hall–Kier alpha value is -2.94. The van der Waals surface area contributed by atoms with Crippen LogP contribution in [0.3, 0.4) is 0 Å². The standard InChI is InChI=1S/C23H19ClN2O2S/c1-23(2,3)22(27)28-20(16-11-7-8-12-18(16)24)17(13-25)21-26-19(14-29-21)15-9-5-4-6-10-15/h4-12,14H,1-3H3. The maximum atomic E-state index is 12.6. The summed E-state index contributed by atoms with van der Waals surface area (Å²) in [6.07, 6.45) is 0. The summed E-state index contributed by atoms with van der Waals surface area (Å²) in [5, 5.41) is 12.6. The number of nitriles is 1. The van der Waals surface area contributed by atoms with Gasteiger partial charge in [-0.1, -0.05) is 54.1 Å². The molecule has 146 valence electrons. The van der Waals surface area contributed by atoms with Gasteiger partial charge in [0.1, 0.15) is 16.6 Å². The van der Waals surface area contributed by atoms with Crippen LogP contribution in [0.1, 0.15) is 31.3 Å². The first-order chi connectivity index (χ1) is 13.8. The number of allylic oxidation sites excluding steroid dienone is 1. The number of halogens is 1. The van der Waals surface area contributed by atoms with Crippen molar-refractivity contribution in [3.8, 4) is 17.3 Å². The van der Waals surface area contributed by atoms with Crippen LogP contribution in [0.4, 0.5) is 0 Å². The summed E-state index contributed by atoms with van der Waals surface area (Å²) in [6, 6.07) is 18.8. The largest absolute Gasteiger partial charge is 0.424 e. The van der Waals surface area contributed by atoms with Crippen molar-refractivity contribution in [2.75, 3.05) is 0 Å². The van der Waals surface area contributed by atoms with E-state index in [2.05, 4.69) is 11.1 Å². The molecular weight excluding hydrogens is 404 g/mol. The number of aromatic nitrogens is 1. The highest BCUT2D eigenvalue weighted by Crippen LogP contribution is 2.35. The van der Waals surface area contributed by atoms with E-state index in [0.717, 1.165) is 11.3 Å². The van der Waals surface area contributed by atoms with Crippen molar-refractivity contribution in [3.05, 3.63) is 75.6 Å². The molecule has 1 aromatic heterocycles. The minimum Gasteiger partial charge on any atom is -0.424 e.